The molecule has 0 bridgehead atoms. The van der Waals surface area contributed by atoms with Crippen LogP contribution < -0.4 is 11.1 Å². The molecule has 5 rings (SSSR count). The second-order valence-corrected chi connectivity index (χ2v) is 9.12. The van der Waals surface area contributed by atoms with Crippen LogP contribution in [-0.4, -0.2) is 51.1 Å². The number of carbonyl (C=O) groups is 2. The predicted molar refractivity (Wildman–Crippen MR) is 139 cm³/mol. The van der Waals surface area contributed by atoms with Crippen LogP contribution >= 0.6 is 0 Å². The zero-order valence-corrected chi connectivity index (χ0v) is 20.1. The molecule has 2 amide bonds. The minimum Gasteiger partial charge on any atom is -0.383 e. The van der Waals surface area contributed by atoms with E-state index in [9.17, 15) is 9.59 Å². The molecule has 0 radical (unpaired) electrons. The third kappa shape index (κ3) is 4.98. The number of benzene rings is 2. The highest BCUT2D eigenvalue weighted by atomic mass is 16.2. The highest BCUT2D eigenvalue weighted by Crippen LogP contribution is 2.24. The topological polar surface area (TPSA) is 106 Å². The van der Waals surface area contributed by atoms with Crippen LogP contribution in [0.1, 0.15) is 27.1 Å². The number of amides is 2. The summed E-state index contributed by atoms with van der Waals surface area (Å²) in [7, 11) is 1.83. The number of nitrogens with two attached hydrogens (primary N) is 1. The van der Waals surface area contributed by atoms with E-state index in [1.807, 2.05) is 72.7 Å². The van der Waals surface area contributed by atoms with Gasteiger partial charge in [0, 0.05) is 55.8 Å². The number of nitrogen functional groups attached to an aromatic ring is 1. The lowest BCUT2D eigenvalue weighted by Crippen LogP contribution is -2.33. The zero-order chi connectivity index (χ0) is 25.1. The van der Waals surface area contributed by atoms with Gasteiger partial charge in [0.05, 0.1) is 11.8 Å². The molecule has 1 fully saturated rings. The van der Waals surface area contributed by atoms with Crippen molar-refractivity contribution < 1.29 is 9.59 Å². The first kappa shape index (κ1) is 23.3. The summed E-state index contributed by atoms with van der Waals surface area (Å²) in [5.41, 5.74) is 10.7. The fourth-order valence-electron chi connectivity index (χ4n) is 4.55. The molecule has 1 atom stereocenters. The standard InChI is InChI=1S/C28H28N6O2/c1-33-18-24(16-32-33)23-13-25(26(29)30-15-23)27(35)31-14-19-10-11-34(17-19)28(36)22-9-5-8-21(12-22)20-6-3-2-4-7-20/h2-9,12-13,15-16,18-19H,10-11,14,17H2,1H3,(H2,29,30)(H,31,35)/t19-/m0/s1. The van der Waals surface area contributed by atoms with Gasteiger partial charge in [-0.15, -0.1) is 0 Å². The number of anilines is 1. The van der Waals surface area contributed by atoms with E-state index in [0.717, 1.165) is 28.7 Å². The minimum atomic E-state index is -0.272. The molecule has 3 N–H and O–H groups in total. The number of carbonyl (C=O) groups excluding carboxylic acids is 2. The average molecular weight is 481 g/mol. The van der Waals surface area contributed by atoms with Crippen molar-refractivity contribution in [2.75, 3.05) is 25.4 Å². The lowest BCUT2D eigenvalue weighted by atomic mass is 10.0. The monoisotopic (exact) mass is 480 g/mol. The van der Waals surface area contributed by atoms with Crippen molar-refractivity contribution in [2.24, 2.45) is 13.0 Å². The van der Waals surface area contributed by atoms with Gasteiger partial charge < -0.3 is 16.0 Å². The second kappa shape index (κ2) is 10.0. The Bertz CT molecular complexity index is 1400. The van der Waals surface area contributed by atoms with E-state index >= 15 is 0 Å². The van der Waals surface area contributed by atoms with Crippen molar-refractivity contribution in [3.63, 3.8) is 0 Å². The van der Waals surface area contributed by atoms with Crippen molar-refractivity contribution in [1.29, 1.82) is 0 Å². The van der Waals surface area contributed by atoms with Crippen LogP contribution in [-0.2, 0) is 7.05 Å². The Kier molecular flexibility index (Phi) is 6.49. The van der Waals surface area contributed by atoms with E-state index in [-0.39, 0.29) is 23.6 Å². The summed E-state index contributed by atoms with van der Waals surface area (Å²) in [6.07, 6.45) is 6.04. The van der Waals surface area contributed by atoms with Crippen LogP contribution in [0.2, 0.25) is 0 Å². The Hall–Kier alpha value is -4.46. The molecule has 0 spiro atoms. The van der Waals surface area contributed by atoms with Crippen molar-refractivity contribution in [2.45, 2.75) is 6.42 Å². The largest absolute Gasteiger partial charge is 0.383 e. The third-order valence-electron chi connectivity index (χ3n) is 6.54. The highest BCUT2D eigenvalue weighted by molar-refractivity contribution is 5.99. The smallest absolute Gasteiger partial charge is 0.255 e. The van der Waals surface area contributed by atoms with Gasteiger partial charge in [0.15, 0.2) is 0 Å². The molecule has 1 aliphatic rings. The van der Waals surface area contributed by atoms with Crippen molar-refractivity contribution in [1.82, 2.24) is 25.0 Å². The van der Waals surface area contributed by atoms with E-state index in [2.05, 4.69) is 15.4 Å². The number of pyridine rings is 1. The Balaban J connectivity index is 1.20. The van der Waals surface area contributed by atoms with Gasteiger partial charge >= 0.3 is 0 Å². The molecule has 0 aliphatic carbocycles. The zero-order valence-electron chi connectivity index (χ0n) is 20.1. The second-order valence-electron chi connectivity index (χ2n) is 9.12. The Morgan fingerprint density at radius 2 is 1.81 bits per heavy atom. The molecule has 2 aromatic heterocycles. The molecular weight excluding hydrogens is 452 g/mol. The molecule has 36 heavy (non-hydrogen) atoms. The van der Waals surface area contributed by atoms with Gasteiger partial charge in [-0.2, -0.15) is 5.10 Å². The van der Waals surface area contributed by atoms with E-state index in [0.29, 0.717) is 30.8 Å². The van der Waals surface area contributed by atoms with Crippen LogP contribution in [0.5, 0.6) is 0 Å². The molecule has 3 heterocycles. The van der Waals surface area contributed by atoms with Gasteiger partial charge in [-0.25, -0.2) is 4.98 Å². The number of likely N-dealkylation sites (tertiary alicyclic amines) is 1. The summed E-state index contributed by atoms with van der Waals surface area (Å²) < 4.78 is 1.69. The van der Waals surface area contributed by atoms with Crippen LogP contribution in [0.25, 0.3) is 22.3 Å². The number of nitrogens with zero attached hydrogens (tertiary/aromatic N) is 4. The summed E-state index contributed by atoms with van der Waals surface area (Å²) in [5, 5.41) is 7.14. The highest BCUT2D eigenvalue weighted by Gasteiger charge is 2.27. The maximum atomic E-state index is 13.2. The summed E-state index contributed by atoms with van der Waals surface area (Å²) in [4.78, 5) is 32.1. The van der Waals surface area contributed by atoms with Crippen LogP contribution in [0.3, 0.4) is 0 Å². The molecule has 1 aliphatic heterocycles. The fourth-order valence-corrected chi connectivity index (χ4v) is 4.55. The number of rotatable bonds is 6. The summed E-state index contributed by atoms with van der Waals surface area (Å²) in [6.45, 7) is 1.72. The molecule has 1 saturated heterocycles. The molecule has 8 heteroatoms. The molecule has 0 saturated carbocycles. The summed E-state index contributed by atoms with van der Waals surface area (Å²) in [6, 6.07) is 19.5. The number of aryl methyl sites for hydroxylation is 1. The average Bonchev–Trinajstić information content (AvgIpc) is 3.57. The van der Waals surface area contributed by atoms with Gasteiger partial charge in [0.1, 0.15) is 5.82 Å². The maximum absolute atomic E-state index is 13.2. The van der Waals surface area contributed by atoms with Gasteiger partial charge in [-0.3, -0.25) is 14.3 Å². The Labute approximate surface area is 209 Å². The number of hydrogen-bond donors (Lipinski definition) is 2. The van der Waals surface area contributed by atoms with Gasteiger partial charge in [0.2, 0.25) is 0 Å². The Morgan fingerprint density at radius 3 is 2.58 bits per heavy atom. The molecular formula is C28H28N6O2. The fraction of sp³-hybridized carbons (Fsp3) is 0.214. The summed E-state index contributed by atoms with van der Waals surface area (Å²) in [5.74, 6) is 0.0952. The lowest BCUT2D eigenvalue weighted by molar-refractivity contribution is 0.0787. The first-order chi connectivity index (χ1) is 17.5. The van der Waals surface area contributed by atoms with E-state index in [1.54, 1.807) is 23.1 Å². The summed E-state index contributed by atoms with van der Waals surface area (Å²) >= 11 is 0. The van der Waals surface area contributed by atoms with Gasteiger partial charge in [0.25, 0.3) is 11.8 Å². The van der Waals surface area contributed by atoms with Crippen molar-refractivity contribution >= 4 is 17.6 Å². The van der Waals surface area contributed by atoms with Gasteiger partial charge in [-0.05, 0) is 41.7 Å². The van der Waals surface area contributed by atoms with E-state index in [4.69, 9.17) is 5.73 Å². The molecule has 2 aromatic carbocycles. The minimum absolute atomic E-state index is 0.0132. The van der Waals surface area contributed by atoms with Crippen molar-refractivity contribution in [3.05, 3.63) is 90.4 Å². The van der Waals surface area contributed by atoms with Gasteiger partial charge in [-0.1, -0.05) is 42.5 Å². The quantitative estimate of drug-likeness (QED) is 0.438. The molecule has 4 aromatic rings. The number of nitrogens with one attached hydrogen (secondary N) is 1. The van der Waals surface area contributed by atoms with E-state index < -0.39 is 0 Å². The van der Waals surface area contributed by atoms with E-state index in [1.165, 1.54) is 0 Å². The number of hydrogen-bond acceptors (Lipinski definition) is 5. The molecule has 182 valence electrons. The van der Waals surface area contributed by atoms with Crippen LogP contribution in [0, 0.1) is 5.92 Å². The normalized spacial score (nSPS) is 15.1. The Morgan fingerprint density at radius 1 is 1.00 bits per heavy atom. The SMILES string of the molecule is Cn1cc(-c2cnc(N)c(C(=O)NC[C@@H]3CCN(C(=O)c4cccc(-c5ccccc5)c4)C3)c2)cn1. The molecule has 8 nitrogen and oxygen atoms in total. The first-order valence-electron chi connectivity index (χ1n) is 12.0. The first-order valence-corrected chi connectivity index (χ1v) is 12.0. The predicted octanol–water partition coefficient (Wildman–Crippen LogP) is 3.62. The molecule has 0 unspecified atom stereocenters. The van der Waals surface area contributed by atoms with Crippen LogP contribution in [0.15, 0.2) is 79.3 Å². The third-order valence-corrected chi connectivity index (χ3v) is 6.54. The van der Waals surface area contributed by atoms with Crippen LogP contribution in [0.4, 0.5) is 5.82 Å². The van der Waals surface area contributed by atoms with Crippen molar-refractivity contribution in [3.8, 4) is 22.3 Å². The maximum Gasteiger partial charge on any atom is 0.255 e. The number of aromatic nitrogens is 3. The lowest BCUT2D eigenvalue weighted by Gasteiger charge is -2.17.